The highest BCUT2D eigenvalue weighted by Crippen LogP contribution is 2.14. The molecule has 19 heavy (non-hydrogen) atoms. The molecule has 0 spiro atoms. The highest BCUT2D eigenvalue weighted by Gasteiger charge is 2.12. The molecule has 1 atom stereocenters. The Bertz CT molecular complexity index is 304. The van der Waals surface area contributed by atoms with Gasteiger partial charge in [-0.2, -0.15) is 0 Å². The van der Waals surface area contributed by atoms with Crippen LogP contribution in [0.4, 0.5) is 0 Å². The predicted molar refractivity (Wildman–Crippen MR) is 79.1 cm³/mol. The van der Waals surface area contributed by atoms with E-state index in [0.717, 1.165) is 38.5 Å². The van der Waals surface area contributed by atoms with Crippen LogP contribution in [0.1, 0.15) is 77.6 Å². The van der Waals surface area contributed by atoms with E-state index in [-0.39, 0.29) is 5.92 Å². The maximum absolute atomic E-state index is 11.9. The fraction of sp³-hybridized carbons (Fsp3) is 0.765. The molecule has 0 aromatic carbocycles. The average molecular weight is 264 g/mol. The van der Waals surface area contributed by atoms with Gasteiger partial charge in [0.1, 0.15) is 11.6 Å². The Morgan fingerprint density at radius 2 is 1.53 bits per heavy atom. The summed E-state index contributed by atoms with van der Waals surface area (Å²) in [5.74, 6) is 0.813. The van der Waals surface area contributed by atoms with E-state index in [1.807, 2.05) is 6.92 Å². The minimum Gasteiger partial charge on any atom is -0.300 e. The van der Waals surface area contributed by atoms with E-state index >= 15 is 0 Å². The summed E-state index contributed by atoms with van der Waals surface area (Å²) in [6.07, 6.45) is 14.8. The summed E-state index contributed by atoms with van der Waals surface area (Å²) in [5, 5.41) is 0. The molecule has 0 amide bonds. The summed E-state index contributed by atoms with van der Waals surface area (Å²) >= 11 is 0. The monoisotopic (exact) mass is 264 g/mol. The first-order valence-electron chi connectivity index (χ1n) is 7.89. The Morgan fingerprint density at radius 3 is 2.37 bits per heavy atom. The number of hydrogen-bond donors (Lipinski definition) is 0. The minimum atomic E-state index is 0.146. The fourth-order valence-electron chi connectivity index (χ4n) is 2.51. The molecule has 108 valence electrons. The summed E-state index contributed by atoms with van der Waals surface area (Å²) in [6.45, 7) is 2.02. The van der Waals surface area contributed by atoms with E-state index in [0.29, 0.717) is 30.8 Å². The molecule has 0 saturated heterocycles. The van der Waals surface area contributed by atoms with Gasteiger partial charge in [-0.25, -0.2) is 0 Å². The van der Waals surface area contributed by atoms with E-state index < -0.39 is 0 Å². The van der Waals surface area contributed by atoms with Gasteiger partial charge in [-0.1, -0.05) is 31.9 Å². The van der Waals surface area contributed by atoms with Crippen LogP contribution in [0.2, 0.25) is 0 Å². The third-order valence-corrected chi connectivity index (χ3v) is 3.94. The lowest BCUT2D eigenvalue weighted by Gasteiger charge is -2.09. The number of carbonyl (C=O) groups is 2. The normalized spacial score (nSPS) is 27.1. The van der Waals surface area contributed by atoms with Crippen LogP contribution >= 0.6 is 0 Å². The molecular formula is C17H28O2. The zero-order chi connectivity index (χ0) is 13.9. The van der Waals surface area contributed by atoms with Gasteiger partial charge >= 0.3 is 0 Å². The van der Waals surface area contributed by atoms with E-state index in [9.17, 15) is 9.59 Å². The van der Waals surface area contributed by atoms with E-state index in [2.05, 4.69) is 12.2 Å². The van der Waals surface area contributed by atoms with Crippen LogP contribution in [-0.2, 0) is 9.59 Å². The second kappa shape index (κ2) is 9.94. The van der Waals surface area contributed by atoms with Crippen molar-refractivity contribution in [3.63, 3.8) is 0 Å². The fourth-order valence-corrected chi connectivity index (χ4v) is 2.51. The van der Waals surface area contributed by atoms with Gasteiger partial charge in [0.15, 0.2) is 0 Å². The maximum atomic E-state index is 11.9. The lowest BCUT2D eigenvalue weighted by molar-refractivity contribution is -0.123. The van der Waals surface area contributed by atoms with Crippen molar-refractivity contribution in [3.8, 4) is 0 Å². The van der Waals surface area contributed by atoms with Crippen molar-refractivity contribution in [1.82, 2.24) is 0 Å². The van der Waals surface area contributed by atoms with Crippen molar-refractivity contribution in [2.75, 3.05) is 0 Å². The van der Waals surface area contributed by atoms with Crippen molar-refractivity contribution >= 4 is 11.6 Å². The smallest absolute Gasteiger partial charge is 0.135 e. The summed E-state index contributed by atoms with van der Waals surface area (Å²) in [7, 11) is 0. The van der Waals surface area contributed by atoms with Crippen molar-refractivity contribution in [1.29, 1.82) is 0 Å². The molecule has 0 bridgehead atoms. The SMILES string of the molecule is CC1CC/C=C\CCCCCCC(=O)CCCC1=O. The molecule has 0 saturated carbocycles. The second-order valence-electron chi connectivity index (χ2n) is 5.76. The molecular weight excluding hydrogens is 236 g/mol. The quantitative estimate of drug-likeness (QED) is 0.598. The van der Waals surface area contributed by atoms with Gasteiger partial charge in [-0.3, -0.25) is 9.59 Å². The Hall–Kier alpha value is -0.920. The van der Waals surface area contributed by atoms with Gasteiger partial charge in [-0.05, 0) is 38.5 Å². The number of rotatable bonds is 0. The number of allylic oxidation sites excluding steroid dienone is 2. The topological polar surface area (TPSA) is 34.1 Å². The van der Waals surface area contributed by atoms with Crippen LogP contribution in [0.25, 0.3) is 0 Å². The van der Waals surface area contributed by atoms with Crippen molar-refractivity contribution < 1.29 is 9.59 Å². The third kappa shape index (κ3) is 7.97. The molecule has 0 N–H and O–H groups in total. The first-order valence-corrected chi connectivity index (χ1v) is 7.89. The van der Waals surface area contributed by atoms with E-state index in [1.54, 1.807) is 0 Å². The largest absolute Gasteiger partial charge is 0.300 e. The first-order chi connectivity index (χ1) is 9.20. The number of hydrogen-bond acceptors (Lipinski definition) is 2. The lowest BCUT2D eigenvalue weighted by Crippen LogP contribution is -2.11. The van der Waals surface area contributed by atoms with Crippen LogP contribution in [0.3, 0.4) is 0 Å². The Kier molecular flexibility index (Phi) is 8.44. The molecule has 1 aliphatic rings. The summed E-state index contributed by atoms with van der Waals surface area (Å²) in [6, 6.07) is 0. The van der Waals surface area contributed by atoms with Crippen molar-refractivity contribution in [2.24, 2.45) is 5.92 Å². The molecule has 2 heteroatoms. The highest BCUT2D eigenvalue weighted by molar-refractivity contribution is 5.82. The molecule has 1 rings (SSSR count). The van der Waals surface area contributed by atoms with Gasteiger partial charge in [0.25, 0.3) is 0 Å². The summed E-state index contributed by atoms with van der Waals surface area (Å²) in [4.78, 5) is 23.5. The molecule has 1 unspecified atom stereocenters. The van der Waals surface area contributed by atoms with Crippen LogP contribution in [0, 0.1) is 5.92 Å². The summed E-state index contributed by atoms with van der Waals surface area (Å²) < 4.78 is 0. The number of Topliss-reactive ketones (excluding diaryl/α,β-unsaturated/α-hetero) is 2. The average Bonchev–Trinajstić information content (AvgIpc) is 2.39. The van der Waals surface area contributed by atoms with Crippen molar-refractivity contribution in [3.05, 3.63) is 12.2 Å². The zero-order valence-corrected chi connectivity index (χ0v) is 12.3. The molecule has 0 aromatic rings. The third-order valence-electron chi connectivity index (χ3n) is 3.94. The number of ketones is 2. The van der Waals surface area contributed by atoms with Gasteiger partial charge in [0.2, 0.25) is 0 Å². The van der Waals surface area contributed by atoms with Gasteiger partial charge in [-0.15, -0.1) is 0 Å². The van der Waals surface area contributed by atoms with Gasteiger partial charge < -0.3 is 0 Å². The van der Waals surface area contributed by atoms with Crippen molar-refractivity contribution in [2.45, 2.75) is 77.6 Å². The highest BCUT2D eigenvalue weighted by atomic mass is 16.1. The zero-order valence-electron chi connectivity index (χ0n) is 12.3. The molecule has 0 fully saturated rings. The van der Waals surface area contributed by atoms with E-state index in [4.69, 9.17) is 0 Å². The molecule has 0 aliphatic heterocycles. The van der Waals surface area contributed by atoms with Crippen LogP contribution in [-0.4, -0.2) is 11.6 Å². The van der Waals surface area contributed by atoms with Crippen LogP contribution in [0.5, 0.6) is 0 Å². The van der Waals surface area contributed by atoms with Crippen LogP contribution in [0.15, 0.2) is 12.2 Å². The van der Waals surface area contributed by atoms with E-state index in [1.165, 1.54) is 12.8 Å². The Morgan fingerprint density at radius 1 is 0.842 bits per heavy atom. The standard InChI is InChI=1S/C17H28O2/c1-15-11-8-6-4-2-3-5-7-9-12-16(18)13-10-14-17(15)19/h4,6,15H,2-3,5,7-14H2,1H3/b6-4-. The molecule has 0 aromatic heterocycles. The molecule has 2 nitrogen and oxygen atoms in total. The Labute approximate surface area is 117 Å². The lowest BCUT2D eigenvalue weighted by atomic mass is 9.95. The van der Waals surface area contributed by atoms with Gasteiger partial charge in [0, 0.05) is 25.2 Å². The molecule has 0 heterocycles. The second-order valence-corrected chi connectivity index (χ2v) is 5.76. The molecule has 1 aliphatic carbocycles. The minimum absolute atomic E-state index is 0.146. The molecule has 0 radical (unpaired) electrons. The summed E-state index contributed by atoms with van der Waals surface area (Å²) in [5.41, 5.74) is 0. The number of carbonyl (C=O) groups excluding carboxylic acids is 2. The predicted octanol–water partition coefficient (Wildman–Crippen LogP) is 4.62. The maximum Gasteiger partial charge on any atom is 0.135 e. The van der Waals surface area contributed by atoms with Crippen LogP contribution < -0.4 is 0 Å². The van der Waals surface area contributed by atoms with Gasteiger partial charge in [0.05, 0.1) is 0 Å². The first kappa shape index (κ1) is 16.1. The Balaban J connectivity index is 2.39.